The summed E-state index contributed by atoms with van der Waals surface area (Å²) >= 11 is 0. The molecule has 0 heterocycles. The molecule has 1 atom stereocenters. The van der Waals surface area contributed by atoms with Gasteiger partial charge in [-0.15, -0.1) is 0 Å². The largest absolute Gasteiger partial charge is 0.497 e. The van der Waals surface area contributed by atoms with E-state index >= 15 is 0 Å². The Labute approximate surface area is 160 Å². The molecule has 0 saturated heterocycles. The van der Waals surface area contributed by atoms with Crippen molar-refractivity contribution in [3.8, 4) is 5.75 Å². The summed E-state index contributed by atoms with van der Waals surface area (Å²) in [6.07, 6.45) is 0.878. The van der Waals surface area contributed by atoms with Crippen LogP contribution >= 0.6 is 0 Å². The minimum Gasteiger partial charge on any atom is -0.497 e. The van der Waals surface area contributed by atoms with Crippen molar-refractivity contribution in [2.45, 2.75) is 32.9 Å². The predicted octanol–water partition coefficient (Wildman–Crippen LogP) is 2.95. The molecule has 6 heteroatoms. The van der Waals surface area contributed by atoms with Crippen LogP contribution < -0.4 is 20.7 Å². The van der Waals surface area contributed by atoms with Crippen molar-refractivity contribution in [1.82, 2.24) is 10.6 Å². The van der Waals surface area contributed by atoms with E-state index in [-0.39, 0.29) is 24.4 Å². The predicted molar refractivity (Wildman–Crippen MR) is 107 cm³/mol. The summed E-state index contributed by atoms with van der Waals surface area (Å²) in [6.45, 7) is 4.77. The molecule has 0 saturated carbocycles. The van der Waals surface area contributed by atoms with Crippen molar-refractivity contribution in [2.75, 3.05) is 19.0 Å². The maximum Gasteiger partial charge on any atom is 0.251 e. The van der Waals surface area contributed by atoms with Crippen molar-refractivity contribution in [3.63, 3.8) is 0 Å². The molecule has 0 fully saturated rings. The summed E-state index contributed by atoms with van der Waals surface area (Å²) in [5, 5.41) is 8.82. The molecule has 3 N–H and O–H groups in total. The number of benzene rings is 2. The number of carbonyl (C=O) groups excluding carboxylic acids is 2. The van der Waals surface area contributed by atoms with Gasteiger partial charge >= 0.3 is 0 Å². The Kier molecular flexibility index (Phi) is 7.82. The van der Waals surface area contributed by atoms with Crippen molar-refractivity contribution in [1.29, 1.82) is 0 Å². The molecule has 1 unspecified atom stereocenters. The van der Waals surface area contributed by atoms with E-state index in [1.54, 1.807) is 31.4 Å². The van der Waals surface area contributed by atoms with Crippen LogP contribution in [-0.2, 0) is 11.3 Å². The number of hydrogen-bond acceptors (Lipinski definition) is 4. The second-order valence-electron chi connectivity index (χ2n) is 6.36. The van der Waals surface area contributed by atoms with Crippen molar-refractivity contribution >= 4 is 17.5 Å². The van der Waals surface area contributed by atoms with E-state index in [1.165, 1.54) is 0 Å². The van der Waals surface area contributed by atoms with Gasteiger partial charge in [0.05, 0.1) is 13.7 Å². The molecule has 2 aromatic carbocycles. The standard InChI is InChI=1S/C21H27N3O3/c1-4-15(2)23-21(26)17-7-9-18(10-8-17)24-20(25)14-22-13-16-5-11-19(27-3)12-6-16/h5-12,15,22H,4,13-14H2,1-3H3,(H,23,26)(H,24,25). The molecular formula is C21H27N3O3. The molecule has 0 bridgehead atoms. The van der Waals surface area contributed by atoms with Gasteiger partial charge in [-0.05, 0) is 55.3 Å². The van der Waals surface area contributed by atoms with Crippen molar-refractivity contribution < 1.29 is 14.3 Å². The topological polar surface area (TPSA) is 79.5 Å². The number of amides is 2. The molecule has 2 rings (SSSR count). The lowest BCUT2D eigenvalue weighted by Gasteiger charge is -2.12. The second kappa shape index (κ2) is 10.3. The van der Waals surface area contributed by atoms with E-state index in [1.807, 2.05) is 38.1 Å². The van der Waals surface area contributed by atoms with Crippen LogP contribution in [0.1, 0.15) is 36.2 Å². The number of rotatable bonds is 9. The second-order valence-corrected chi connectivity index (χ2v) is 6.36. The normalized spacial score (nSPS) is 11.5. The smallest absolute Gasteiger partial charge is 0.251 e. The van der Waals surface area contributed by atoms with E-state index in [4.69, 9.17) is 4.74 Å². The van der Waals surface area contributed by atoms with E-state index in [0.717, 1.165) is 17.7 Å². The van der Waals surface area contributed by atoms with Gasteiger partial charge in [-0.1, -0.05) is 19.1 Å². The third-order valence-electron chi connectivity index (χ3n) is 4.19. The number of carbonyl (C=O) groups is 2. The molecule has 0 aliphatic carbocycles. The number of ether oxygens (including phenoxy) is 1. The van der Waals surface area contributed by atoms with Gasteiger partial charge in [0.25, 0.3) is 5.91 Å². The highest BCUT2D eigenvalue weighted by atomic mass is 16.5. The van der Waals surface area contributed by atoms with E-state index in [2.05, 4.69) is 16.0 Å². The molecule has 2 amide bonds. The quantitative estimate of drug-likeness (QED) is 0.635. The third kappa shape index (κ3) is 6.75. The van der Waals surface area contributed by atoms with Crippen LogP contribution in [0.4, 0.5) is 5.69 Å². The molecule has 0 spiro atoms. The molecule has 27 heavy (non-hydrogen) atoms. The molecule has 0 radical (unpaired) electrons. The summed E-state index contributed by atoms with van der Waals surface area (Å²) in [5.41, 5.74) is 2.30. The highest BCUT2D eigenvalue weighted by Crippen LogP contribution is 2.11. The zero-order valence-electron chi connectivity index (χ0n) is 16.0. The molecule has 0 aliphatic rings. The lowest BCUT2D eigenvalue weighted by molar-refractivity contribution is -0.115. The minimum atomic E-state index is -0.139. The van der Waals surface area contributed by atoms with Crippen LogP contribution in [0.3, 0.4) is 0 Å². The third-order valence-corrected chi connectivity index (χ3v) is 4.19. The summed E-state index contributed by atoms with van der Waals surface area (Å²) in [6, 6.07) is 14.7. The van der Waals surface area contributed by atoms with Crippen LogP contribution in [0.15, 0.2) is 48.5 Å². The van der Waals surface area contributed by atoms with Gasteiger partial charge in [0.2, 0.25) is 5.91 Å². The van der Waals surface area contributed by atoms with Crippen LogP contribution in [-0.4, -0.2) is 31.5 Å². The molecular weight excluding hydrogens is 342 g/mol. The molecule has 6 nitrogen and oxygen atoms in total. The summed E-state index contributed by atoms with van der Waals surface area (Å²) < 4.78 is 5.12. The van der Waals surface area contributed by atoms with Crippen molar-refractivity contribution in [2.24, 2.45) is 0 Å². The average Bonchev–Trinajstić information content (AvgIpc) is 2.68. The van der Waals surface area contributed by atoms with Gasteiger partial charge in [-0.25, -0.2) is 0 Å². The minimum absolute atomic E-state index is 0.108. The molecule has 2 aromatic rings. The molecule has 144 valence electrons. The van der Waals surface area contributed by atoms with Gasteiger partial charge < -0.3 is 20.7 Å². The van der Waals surface area contributed by atoms with Gasteiger partial charge in [-0.3, -0.25) is 9.59 Å². The Bertz CT molecular complexity index is 742. The first kappa shape index (κ1) is 20.5. The number of nitrogens with one attached hydrogen (secondary N) is 3. The Hall–Kier alpha value is -2.86. The van der Waals surface area contributed by atoms with Gasteiger partial charge in [0, 0.05) is 23.8 Å². The van der Waals surface area contributed by atoms with E-state index < -0.39 is 0 Å². The Balaban J connectivity index is 1.77. The maximum absolute atomic E-state index is 12.0. The van der Waals surface area contributed by atoms with E-state index in [9.17, 15) is 9.59 Å². The van der Waals surface area contributed by atoms with Crippen LogP contribution in [0.25, 0.3) is 0 Å². The van der Waals surface area contributed by atoms with Crippen LogP contribution in [0.5, 0.6) is 5.75 Å². The zero-order valence-corrected chi connectivity index (χ0v) is 16.0. The van der Waals surface area contributed by atoms with Gasteiger partial charge in [-0.2, -0.15) is 0 Å². The van der Waals surface area contributed by atoms with E-state index in [0.29, 0.717) is 17.8 Å². The lowest BCUT2D eigenvalue weighted by Crippen LogP contribution is -2.31. The highest BCUT2D eigenvalue weighted by Gasteiger charge is 2.09. The van der Waals surface area contributed by atoms with Gasteiger partial charge in [0.15, 0.2) is 0 Å². The van der Waals surface area contributed by atoms with Crippen LogP contribution in [0.2, 0.25) is 0 Å². The first-order valence-electron chi connectivity index (χ1n) is 9.06. The summed E-state index contributed by atoms with van der Waals surface area (Å²) in [5.74, 6) is 0.557. The molecule has 0 aromatic heterocycles. The highest BCUT2D eigenvalue weighted by molar-refractivity contribution is 5.96. The van der Waals surface area contributed by atoms with Crippen LogP contribution in [0, 0.1) is 0 Å². The Morgan fingerprint density at radius 3 is 2.30 bits per heavy atom. The summed E-state index contributed by atoms with van der Waals surface area (Å²) in [4.78, 5) is 24.1. The Morgan fingerprint density at radius 1 is 1.04 bits per heavy atom. The molecule has 0 aliphatic heterocycles. The number of hydrogen-bond donors (Lipinski definition) is 3. The van der Waals surface area contributed by atoms with Gasteiger partial charge in [0.1, 0.15) is 5.75 Å². The fraction of sp³-hybridized carbons (Fsp3) is 0.333. The number of methoxy groups -OCH3 is 1. The maximum atomic E-state index is 12.0. The SMILES string of the molecule is CCC(C)NC(=O)c1ccc(NC(=O)CNCc2ccc(OC)cc2)cc1. The monoisotopic (exact) mass is 369 g/mol. The summed E-state index contributed by atoms with van der Waals surface area (Å²) in [7, 11) is 1.63. The fourth-order valence-electron chi connectivity index (χ4n) is 2.38. The number of anilines is 1. The fourth-order valence-corrected chi connectivity index (χ4v) is 2.38. The first-order valence-corrected chi connectivity index (χ1v) is 9.06. The lowest BCUT2D eigenvalue weighted by atomic mass is 10.1. The average molecular weight is 369 g/mol. The van der Waals surface area contributed by atoms with Crippen molar-refractivity contribution in [3.05, 3.63) is 59.7 Å². The zero-order chi connectivity index (χ0) is 19.6. The Morgan fingerprint density at radius 2 is 1.70 bits per heavy atom. The first-order chi connectivity index (χ1) is 13.0.